The molecule has 0 bridgehead atoms. The van der Waals surface area contributed by atoms with Crippen LogP contribution in [0.15, 0.2) is 47.1 Å². The first-order valence-corrected chi connectivity index (χ1v) is 8.63. The molecule has 2 amide bonds. The van der Waals surface area contributed by atoms with Crippen LogP contribution in [0.3, 0.4) is 0 Å². The van der Waals surface area contributed by atoms with Crippen molar-refractivity contribution in [3.05, 3.63) is 59.5 Å². The highest BCUT2D eigenvalue weighted by Crippen LogP contribution is 2.33. The Morgan fingerprint density at radius 1 is 1.28 bits per heavy atom. The molecule has 5 heteroatoms. The maximum atomic E-state index is 12.9. The van der Waals surface area contributed by atoms with Crippen molar-refractivity contribution in [2.45, 2.75) is 38.8 Å². The molecule has 1 aliphatic rings. The van der Waals surface area contributed by atoms with E-state index in [1.165, 1.54) is 5.56 Å². The summed E-state index contributed by atoms with van der Waals surface area (Å²) in [6, 6.07) is 11.4. The Hall–Kier alpha value is -2.56. The van der Waals surface area contributed by atoms with Gasteiger partial charge in [0.1, 0.15) is 5.76 Å². The summed E-state index contributed by atoms with van der Waals surface area (Å²) in [7, 11) is 1.78. The van der Waals surface area contributed by atoms with E-state index < -0.39 is 0 Å². The van der Waals surface area contributed by atoms with Gasteiger partial charge < -0.3 is 14.2 Å². The van der Waals surface area contributed by atoms with Crippen molar-refractivity contribution < 1.29 is 14.0 Å². The molecule has 2 unspecified atom stereocenters. The minimum Gasteiger partial charge on any atom is -0.467 e. The number of rotatable bonds is 4. The number of amides is 2. The SMILES string of the molecule is CC(=O)N1CCc2ccccc2C1CC(=O)N(C)C(C)c1ccco1. The highest BCUT2D eigenvalue weighted by Gasteiger charge is 2.32. The minimum atomic E-state index is -0.207. The molecular formula is C20H24N2O3. The molecule has 25 heavy (non-hydrogen) atoms. The predicted molar refractivity (Wildman–Crippen MR) is 94.8 cm³/mol. The Morgan fingerprint density at radius 2 is 2.04 bits per heavy atom. The highest BCUT2D eigenvalue weighted by molar-refractivity contribution is 5.80. The molecule has 2 aromatic rings. The van der Waals surface area contributed by atoms with Crippen LogP contribution in [0.2, 0.25) is 0 Å². The van der Waals surface area contributed by atoms with Crippen LogP contribution in [0.4, 0.5) is 0 Å². The van der Waals surface area contributed by atoms with Gasteiger partial charge >= 0.3 is 0 Å². The lowest BCUT2D eigenvalue weighted by molar-refractivity contribution is -0.137. The quantitative estimate of drug-likeness (QED) is 0.858. The normalized spacial score (nSPS) is 17.7. The van der Waals surface area contributed by atoms with Crippen molar-refractivity contribution in [1.29, 1.82) is 0 Å². The summed E-state index contributed by atoms with van der Waals surface area (Å²) in [5.74, 6) is 0.759. The van der Waals surface area contributed by atoms with Gasteiger partial charge in [0.2, 0.25) is 11.8 Å². The van der Waals surface area contributed by atoms with Gasteiger partial charge in [-0.1, -0.05) is 24.3 Å². The largest absolute Gasteiger partial charge is 0.467 e. The van der Waals surface area contributed by atoms with E-state index >= 15 is 0 Å². The number of hydrogen-bond donors (Lipinski definition) is 0. The molecule has 0 N–H and O–H groups in total. The predicted octanol–water partition coefficient (Wildman–Crippen LogP) is 3.34. The van der Waals surface area contributed by atoms with Gasteiger partial charge in [-0.2, -0.15) is 0 Å². The first kappa shape index (κ1) is 17.3. The molecule has 5 nitrogen and oxygen atoms in total. The average molecular weight is 340 g/mol. The lowest BCUT2D eigenvalue weighted by Gasteiger charge is -2.37. The van der Waals surface area contributed by atoms with Gasteiger partial charge in [0.15, 0.2) is 0 Å². The van der Waals surface area contributed by atoms with Crippen LogP contribution in [0, 0.1) is 0 Å². The van der Waals surface area contributed by atoms with Crippen LogP contribution in [-0.2, 0) is 16.0 Å². The zero-order chi connectivity index (χ0) is 18.0. The second-order valence-electron chi connectivity index (χ2n) is 6.58. The van der Waals surface area contributed by atoms with Gasteiger partial charge in [-0.3, -0.25) is 9.59 Å². The van der Waals surface area contributed by atoms with Crippen molar-refractivity contribution in [2.24, 2.45) is 0 Å². The average Bonchev–Trinajstić information content (AvgIpc) is 3.15. The molecule has 0 radical (unpaired) electrons. The fraction of sp³-hybridized carbons (Fsp3) is 0.400. The topological polar surface area (TPSA) is 53.8 Å². The van der Waals surface area contributed by atoms with Crippen LogP contribution in [0.5, 0.6) is 0 Å². The molecule has 0 aliphatic carbocycles. The fourth-order valence-corrected chi connectivity index (χ4v) is 3.49. The zero-order valence-electron chi connectivity index (χ0n) is 14.9. The molecular weight excluding hydrogens is 316 g/mol. The van der Waals surface area contributed by atoms with Gasteiger partial charge in [-0.25, -0.2) is 0 Å². The Morgan fingerprint density at radius 3 is 2.72 bits per heavy atom. The van der Waals surface area contributed by atoms with E-state index in [4.69, 9.17) is 4.42 Å². The van der Waals surface area contributed by atoms with E-state index in [-0.39, 0.29) is 30.3 Å². The Kier molecular flexibility index (Phi) is 4.93. The van der Waals surface area contributed by atoms with Gasteiger partial charge in [-0.05, 0) is 36.6 Å². The number of benzene rings is 1. The standard InChI is InChI=1S/C20H24N2O3/c1-14(19-9-6-12-25-19)21(3)20(24)13-18-17-8-5-4-7-16(17)10-11-22(18)15(2)23/h4-9,12,14,18H,10-11,13H2,1-3H3. The van der Waals surface area contributed by atoms with Crippen molar-refractivity contribution in [1.82, 2.24) is 9.80 Å². The third kappa shape index (κ3) is 3.45. The number of fused-ring (bicyclic) bond motifs is 1. The van der Waals surface area contributed by atoms with Gasteiger partial charge in [0, 0.05) is 20.5 Å². The molecule has 2 heterocycles. The maximum absolute atomic E-state index is 12.9. The van der Waals surface area contributed by atoms with Crippen LogP contribution in [0.25, 0.3) is 0 Å². The number of hydrogen-bond acceptors (Lipinski definition) is 3. The lowest BCUT2D eigenvalue weighted by atomic mass is 9.90. The summed E-state index contributed by atoms with van der Waals surface area (Å²) in [5.41, 5.74) is 2.30. The van der Waals surface area contributed by atoms with Crippen molar-refractivity contribution in [3.8, 4) is 0 Å². The first-order valence-electron chi connectivity index (χ1n) is 8.63. The van der Waals surface area contributed by atoms with Gasteiger partial charge in [0.25, 0.3) is 0 Å². The fourth-order valence-electron chi connectivity index (χ4n) is 3.49. The second kappa shape index (κ2) is 7.13. The van der Waals surface area contributed by atoms with Crippen LogP contribution >= 0.6 is 0 Å². The highest BCUT2D eigenvalue weighted by atomic mass is 16.3. The monoisotopic (exact) mass is 340 g/mol. The summed E-state index contributed by atoms with van der Waals surface area (Å²) in [4.78, 5) is 28.4. The Balaban J connectivity index is 1.81. The molecule has 1 aliphatic heterocycles. The van der Waals surface area contributed by atoms with Crippen molar-refractivity contribution in [3.63, 3.8) is 0 Å². The molecule has 1 aromatic carbocycles. The van der Waals surface area contributed by atoms with Crippen LogP contribution < -0.4 is 0 Å². The number of carbonyl (C=O) groups is 2. The molecule has 0 saturated carbocycles. The smallest absolute Gasteiger partial charge is 0.225 e. The van der Waals surface area contributed by atoms with Crippen molar-refractivity contribution in [2.75, 3.05) is 13.6 Å². The van der Waals surface area contributed by atoms with Gasteiger partial charge in [-0.15, -0.1) is 0 Å². The van der Waals surface area contributed by atoms with E-state index in [0.29, 0.717) is 6.54 Å². The van der Waals surface area contributed by atoms with Gasteiger partial charge in [0.05, 0.1) is 24.8 Å². The molecule has 3 rings (SSSR count). The number of nitrogens with zero attached hydrogens (tertiary/aromatic N) is 2. The number of furan rings is 1. The summed E-state index contributed by atoms with van der Waals surface area (Å²) < 4.78 is 5.41. The molecule has 0 fully saturated rings. The maximum Gasteiger partial charge on any atom is 0.225 e. The minimum absolute atomic E-state index is 0.00291. The van der Waals surface area contributed by atoms with E-state index in [9.17, 15) is 9.59 Å². The number of carbonyl (C=O) groups excluding carboxylic acids is 2. The summed E-state index contributed by atoms with van der Waals surface area (Å²) in [5, 5.41) is 0. The lowest BCUT2D eigenvalue weighted by Crippen LogP contribution is -2.41. The van der Waals surface area contributed by atoms with E-state index in [1.54, 1.807) is 25.1 Å². The van der Waals surface area contributed by atoms with E-state index in [1.807, 2.05) is 42.2 Å². The third-order valence-electron chi connectivity index (χ3n) is 5.11. The first-order chi connectivity index (χ1) is 12.0. The van der Waals surface area contributed by atoms with Crippen LogP contribution in [0.1, 0.15) is 49.2 Å². The Labute approximate surface area is 148 Å². The molecule has 0 spiro atoms. The molecule has 0 saturated heterocycles. The van der Waals surface area contributed by atoms with E-state index in [2.05, 4.69) is 6.07 Å². The molecule has 2 atom stereocenters. The summed E-state index contributed by atoms with van der Waals surface area (Å²) in [6.45, 7) is 4.16. The Bertz CT molecular complexity index is 754. The second-order valence-corrected chi connectivity index (χ2v) is 6.58. The summed E-state index contributed by atoms with van der Waals surface area (Å²) in [6.07, 6.45) is 2.72. The molecule has 1 aromatic heterocycles. The van der Waals surface area contributed by atoms with Crippen LogP contribution in [-0.4, -0.2) is 35.2 Å². The van der Waals surface area contributed by atoms with E-state index in [0.717, 1.165) is 17.7 Å². The molecule has 132 valence electrons. The zero-order valence-corrected chi connectivity index (χ0v) is 14.9. The third-order valence-corrected chi connectivity index (χ3v) is 5.11. The van der Waals surface area contributed by atoms with Crippen molar-refractivity contribution >= 4 is 11.8 Å². The summed E-state index contributed by atoms with van der Waals surface area (Å²) >= 11 is 0.